The third kappa shape index (κ3) is 8.04. The van der Waals surface area contributed by atoms with Crippen LogP contribution in [-0.4, -0.2) is 65.1 Å². The first-order valence-electron chi connectivity index (χ1n) is 12.5. The number of rotatable bonds is 8. The summed E-state index contributed by atoms with van der Waals surface area (Å²) in [5.74, 6) is -0.0854. The normalized spacial score (nSPS) is 15.4. The van der Waals surface area contributed by atoms with Gasteiger partial charge in [-0.25, -0.2) is 9.78 Å². The van der Waals surface area contributed by atoms with E-state index in [-0.39, 0.29) is 24.5 Å². The van der Waals surface area contributed by atoms with Crippen molar-refractivity contribution in [1.82, 2.24) is 20.1 Å². The van der Waals surface area contributed by atoms with Crippen LogP contribution >= 0.6 is 11.3 Å². The number of nitrogens with zero attached hydrogens (tertiary/aromatic N) is 4. The van der Waals surface area contributed by atoms with E-state index in [1.165, 1.54) is 0 Å². The van der Waals surface area contributed by atoms with Crippen molar-refractivity contribution in [3.63, 3.8) is 0 Å². The Kier molecular flexibility index (Phi) is 9.46. The molecule has 0 saturated carbocycles. The van der Waals surface area contributed by atoms with Crippen LogP contribution in [0.5, 0.6) is 0 Å². The number of nitrogens with one attached hydrogen (secondary N) is 1. The fraction of sp³-hybridized carbons (Fsp3) is 0.556. The summed E-state index contributed by atoms with van der Waals surface area (Å²) in [7, 11) is 0. The van der Waals surface area contributed by atoms with Gasteiger partial charge in [-0.05, 0) is 44.7 Å². The zero-order chi connectivity index (χ0) is 26.3. The number of carbonyl (C=O) groups is 2. The Labute approximate surface area is 218 Å². The lowest BCUT2D eigenvalue weighted by molar-refractivity contribution is -0.122. The van der Waals surface area contributed by atoms with Crippen molar-refractivity contribution in [2.24, 2.45) is 5.92 Å². The van der Waals surface area contributed by atoms with Gasteiger partial charge in [0.15, 0.2) is 0 Å². The molecule has 1 aromatic carbocycles. The van der Waals surface area contributed by atoms with Gasteiger partial charge in [-0.2, -0.15) is 5.26 Å². The minimum atomic E-state index is -0.488. The first-order chi connectivity index (χ1) is 17.1. The molecule has 2 aromatic rings. The van der Waals surface area contributed by atoms with Crippen LogP contribution < -0.4 is 5.32 Å². The van der Waals surface area contributed by atoms with Gasteiger partial charge in [0, 0.05) is 37.1 Å². The highest BCUT2D eigenvalue weighted by Crippen LogP contribution is 2.29. The number of ether oxygens (including phenoxy) is 1. The van der Waals surface area contributed by atoms with Gasteiger partial charge < -0.3 is 15.0 Å². The Balaban J connectivity index is 1.63. The fourth-order valence-electron chi connectivity index (χ4n) is 4.15. The minimum absolute atomic E-state index is 0.00853. The van der Waals surface area contributed by atoms with Crippen molar-refractivity contribution in [3.05, 3.63) is 40.2 Å². The maximum absolute atomic E-state index is 12.7. The maximum Gasteiger partial charge on any atom is 0.410 e. The molecule has 1 saturated heterocycles. The topological polar surface area (TPSA) is 98.6 Å². The van der Waals surface area contributed by atoms with E-state index >= 15 is 0 Å². The lowest BCUT2D eigenvalue weighted by Gasteiger charge is -2.35. The molecule has 3 rings (SSSR count). The van der Waals surface area contributed by atoms with E-state index in [0.29, 0.717) is 25.4 Å². The molecule has 0 radical (unpaired) electrons. The molecule has 0 aliphatic carbocycles. The van der Waals surface area contributed by atoms with Crippen LogP contribution in [0.4, 0.5) is 4.79 Å². The van der Waals surface area contributed by atoms with Gasteiger partial charge >= 0.3 is 6.09 Å². The standard InChI is InChI=1S/C27H37N5O3S/c1-19(2)15-22(25(33)29-10-9-28)20-7-6-8-21(16-20)23-18-36-24(30-23)17-31-11-13-32(14-12-31)26(34)35-27(3,4)5/h6-8,16,18-19,22H,10-15,17H2,1-5H3,(H,29,33). The molecule has 8 nitrogen and oxygen atoms in total. The van der Waals surface area contributed by atoms with Crippen LogP contribution in [0, 0.1) is 17.2 Å². The average Bonchev–Trinajstić information content (AvgIpc) is 3.29. The van der Waals surface area contributed by atoms with E-state index < -0.39 is 5.60 Å². The first-order valence-corrected chi connectivity index (χ1v) is 13.3. The van der Waals surface area contributed by atoms with E-state index in [1.807, 2.05) is 51.1 Å². The molecule has 0 spiro atoms. The number of hydrogen-bond acceptors (Lipinski definition) is 7. The second kappa shape index (κ2) is 12.3. The van der Waals surface area contributed by atoms with E-state index in [9.17, 15) is 9.59 Å². The summed E-state index contributed by atoms with van der Waals surface area (Å²) in [5.41, 5.74) is 2.32. The van der Waals surface area contributed by atoms with Crippen LogP contribution in [0.2, 0.25) is 0 Å². The Hall–Kier alpha value is -2.96. The van der Waals surface area contributed by atoms with Crippen molar-refractivity contribution < 1.29 is 14.3 Å². The largest absolute Gasteiger partial charge is 0.444 e. The molecular weight excluding hydrogens is 474 g/mol. The molecule has 2 amide bonds. The molecule has 1 N–H and O–H groups in total. The Morgan fingerprint density at radius 2 is 1.94 bits per heavy atom. The Bertz CT molecular complexity index is 1080. The van der Waals surface area contributed by atoms with Crippen LogP contribution in [0.15, 0.2) is 29.6 Å². The number of amides is 2. The zero-order valence-electron chi connectivity index (χ0n) is 21.9. The van der Waals surface area contributed by atoms with Crippen LogP contribution in [0.1, 0.15) is 57.5 Å². The highest BCUT2D eigenvalue weighted by molar-refractivity contribution is 7.09. The molecule has 1 aromatic heterocycles. The smallest absolute Gasteiger partial charge is 0.410 e. The van der Waals surface area contributed by atoms with Crippen LogP contribution in [0.3, 0.4) is 0 Å². The summed E-state index contributed by atoms with van der Waals surface area (Å²) >= 11 is 1.62. The van der Waals surface area contributed by atoms with Crippen molar-refractivity contribution in [3.8, 4) is 17.3 Å². The molecule has 9 heteroatoms. The van der Waals surface area contributed by atoms with Gasteiger partial charge in [-0.3, -0.25) is 9.69 Å². The molecule has 194 valence electrons. The highest BCUT2D eigenvalue weighted by atomic mass is 32.1. The Morgan fingerprint density at radius 1 is 1.22 bits per heavy atom. The zero-order valence-corrected chi connectivity index (χ0v) is 22.7. The summed E-state index contributed by atoms with van der Waals surface area (Å²) in [5, 5.41) is 14.6. The molecule has 1 atom stereocenters. The van der Waals surface area contributed by atoms with Crippen LogP contribution in [-0.2, 0) is 16.1 Å². The number of piperazine rings is 1. The Morgan fingerprint density at radius 3 is 2.58 bits per heavy atom. The van der Waals surface area contributed by atoms with Crippen molar-refractivity contribution in [2.75, 3.05) is 32.7 Å². The molecule has 36 heavy (non-hydrogen) atoms. The monoisotopic (exact) mass is 511 g/mol. The lowest BCUT2D eigenvalue weighted by Crippen LogP contribution is -2.49. The summed E-state index contributed by atoms with van der Waals surface area (Å²) in [6, 6.07) is 9.97. The van der Waals surface area contributed by atoms with E-state index in [4.69, 9.17) is 15.0 Å². The van der Waals surface area contributed by atoms with E-state index in [1.54, 1.807) is 16.2 Å². The fourth-order valence-corrected chi connectivity index (χ4v) is 5.00. The molecular formula is C27H37N5O3S. The van der Waals surface area contributed by atoms with Crippen LogP contribution in [0.25, 0.3) is 11.3 Å². The lowest BCUT2D eigenvalue weighted by atomic mass is 9.88. The quantitative estimate of drug-likeness (QED) is 0.519. The van der Waals surface area contributed by atoms with Crippen molar-refractivity contribution >= 4 is 23.3 Å². The van der Waals surface area contributed by atoms with Crippen molar-refractivity contribution in [1.29, 1.82) is 5.26 Å². The summed E-state index contributed by atoms with van der Waals surface area (Å²) in [6.45, 7) is 13.4. The van der Waals surface area contributed by atoms with Gasteiger partial charge in [0.25, 0.3) is 0 Å². The number of carbonyl (C=O) groups excluding carboxylic acids is 2. The number of benzene rings is 1. The van der Waals surface area contributed by atoms with E-state index in [2.05, 4.69) is 29.4 Å². The maximum atomic E-state index is 12.7. The molecule has 1 fully saturated rings. The molecule has 1 aliphatic rings. The number of thiazole rings is 1. The van der Waals surface area contributed by atoms with Gasteiger partial charge in [0.1, 0.15) is 17.2 Å². The number of hydrogen-bond donors (Lipinski definition) is 1. The SMILES string of the molecule is CC(C)CC(C(=O)NCC#N)c1cccc(-c2csc(CN3CCN(C(=O)OC(C)(C)C)CC3)n2)c1. The molecule has 2 heterocycles. The predicted molar refractivity (Wildman–Crippen MR) is 141 cm³/mol. The summed E-state index contributed by atoms with van der Waals surface area (Å²) in [4.78, 5) is 34.0. The molecule has 1 unspecified atom stereocenters. The second-order valence-electron chi connectivity index (χ2n) is 10.6. The third-order valence-corrected chi connectivity index (χ3v) is 6.72. The first kappa shape index (κ1) is 27.6. The average molecular weight is 512 g/mol. The van der Waals surface area contributed by atoms with Crippen molar-refractivity contribution in [2.45, 2.75) is 59.1 Å². The highest BCUT2D eigenvalue weighted by Gasteiger charge is 2.26. The summed E-state index contributed by atoms with van der Waals surface area (Å²) in [6.07, 6.45) is 0.453. The van der Waals surface area contributed by atoms with E-state index in [0.717, 1.165) is 41.5 Å². The molecule has 0 bridgehead atoms. The number of nitriles is 1. The molecule has 1 aliphatic heterocycles. The second-order valence-corrected chi connectivity index (χ2v) is 11.5. The summed E-state index contributed by atoms with van der Waals surface area (Å²) < 4.78 is 5.48. The van der Waals surface area contributed by atoms with Gasteiger partial charge in [0.2, 0.25) is 5.91 Å². The number of aromatic nitrogens is 1. The van der Waals surface area contributed by atoms with Gasteiger partial charge in [-0.1, -0.05) is 32.0 Å². The minimum Gasteiger partial charge on any atom is -0.444 e. The van der Waals surface area contributed by atoms with Gasteiger partial charge in [-0.15, -0.1) is 11.3 Å². The predicted octanol–water partition coefficient (Wildman–Crippen LogP) is 4.63. The van der Waals surface area contributed by atoms with Gasteiger partial charge in [0.05, 0.1) is 24.2 Å². The third-order valence-electron chi connectivity index (χ3n) is 5.88.